The van der Waals surface area contributed by atoms with Crippen LogP contribution in [0.15, 0.2) is 33.7 Å². The molecule has 1 N–H and O–H groups in total. The molecule has 0 unspecified atom stereocenters. The average molecular weight is 309 g/mol. The standard InChI is InChI=1S/C14H19N3O3S/c1-10-5-6-12(7-13(10)17(3)4)21(18,19)16-9-14-15-8-11(2)20-14/h5-8,16H,9H2,1-4H3. The molecule has 0 amide bonds. The molecule has 0 radical (unpaired) electrons. The Hall–Kier alpha value is -1.86. The predicted molar refractivity (Wildman–Crippen MR) is 80.8 cm³/mol. The molecule has 0 saturated heterocycles. The molecule has 0 saturated carbocycles. The van der Waals surface area contributed by atoms with Crippen LogP contribution in [0, 0.1) is 13.8 Å². The molecule has 7 heteroatoms. The number of aryl methyl sites for hydroxylation is 2. The van der Waals surface area contributed by atoms with Gasteiger partial charge in [0.1, 0.15) is 5.76 Å². The molecule has 0 fully saturated rings. The topological polar surface area (TPSA) is 75.4 Å². The first-order valence-corrected chi connectivity index (χ1v) is 7.97. The van der Waals surface area contributed by atoms with Gasteiger partial charge in [-0.1, -0.05) is 6.07 Å². The van der Waals surface area contributed by atoms with Crippen molar-refractivity contribution in [2.24, 2.45) is 0 Å². The minimum absolute atomic E-state index is 0.0291. The molecule has 0 aliphatic rings. The van der Waals surface area contributed by atoms with Gasteiger partial charge < -0.3 is 9.32 Å². The summed E-state index contributed by atoms with van der Waals surface area (Å²) in [6, 6.07) is 5.03. The van der Waals surface area contributed by atoms with Crippen LogP contribution < -0.4 is 9.62 Å². The fourth-order valence-corrected chi connectivity index (χ4v) is 2.96. The second-order valence-electron chi connectivity index (χ2n) is 5.03. The van der Waals surface area contributed by atoms with Crippen molar-refractivity contribution in [3.05, 3.63) is 41.6 Å². The van der Waals surface area contributed by atoms with Crippen molar-refractivity contribution in [3.8, 4) is 0 Å². The van der Waals surface area contributed by atoms with E-state index in [0.29, 0.717) is 11.7 Å². The Morgan fingerprint density at radius 3 is 2.57 bits per heavy atom. The number of rotatable bonds is 5. The number of nitrogens with one attached hydrogen (secondary N) is 1. The van der Waals surface area contributed by atoms with Gasteiger partial charge >= 0.3 is 0 Å². The molecule has 1 aromatic carbocycles. The fourth-order valence-electron chi connectivity index (χ4n) is 1.96. The zero-order chi connectivity index (χ0) is 15.6. The minimum atomic E-state index is -3.60. The molecule has 114 valence electrons. The third-order valence-corrected chi connectivity index (χ3v) is 4.45. The predicted octanol–water partition coefficient (Wildman–Crippen LogP) is 1.84. The highest BCUT2D eigenvalue weighted by molar-refractivity contribution is 7.89. The lowest BCUT2D eigenvalue weighted by molar-refractivity contribution is 0.463. The number of sulfonamides is 1. The summed E-state index contributed by atoms with van der Waals surface area (Å²) < 4.78 is 32.3. The van der Waals surface area contributed by atoms with Crippen molar-refractivity contribution in [3.63, 3.8) is 0 Å². The van der Waals surface area contributed by atoms with Gasteiger partial charge in [0.25, 0.3) is 0 Å². The Kier molecular flexibility index (Phi) is 4.34. The molecule has 2 rings (SSSR count). The van der Waals surface area contributed by atoms with Crippen LogP contribution in [0.2, 0.25) is 0 Å². The first-order chi connectivity index (χ1) is 9.79. The summed E-state index contributed by atoms with van der Waals surface area (Å²) in [6.07, 6.45) is 1.56. The van der Waals surface area contributed by atoms with Crippen LogP contribution in [-0.2, 0) is 16.6 Å². The van der Waals surface area contributed by atoms with Crippen LogP contribution in [0.4, 0.5) is 5.69 Å². The van der Waals surface area contributed by atoms with Crippen molar-refractivity contribution in [1.82, 2.24) is 9.71 Å². The van der Waals surface area contributed by atoms with E-state index in [4.69, 9.17) is 4.42 Å². The summed E-state index contributed by atoms with van der Waals surface area (Å²) >= 11 is 0. The third-order valence-electron chi connectivity index (χ3n) is 3.06. The number of benzene rings is 1. The Bertz CT molecular complexity index is 736. The molecule has 21 heavy (non-hydrogen) atoms. The van der Waals surface area contributed by atoms with E-state index in [0.717, 1.165) is 11.3 Å². The molecule has 2 aromatic rings. The number of nitrogens with zero attached hydrogens (tertiary/aromatic N) is 2. The fraction of sp³-hybridized carbons (Fsp3) is 0.357. The normalized spacial score (nSPS) is 11.6. The number of aromatic nitrogens is 1. The SMILES string of the molecule is Cc1cnc(CNS(=O)(=O)c2ccc(C)c(N(C)C)c2)o1. The first kappa shape index (κ1) is 15.5. The van der Waals surface area contributed by atoms with E-state index in [9.17, 15) is 8.42 Å². The highest BCUT2D eigenvalue weighted by Gasteiger charge is 2.17. The lowest BCUT2D eigenvalue weighted by Crippen LogP contribution is -2.24. The highest BCUT2D eigenvalue weighted by atomic mass is 32.2. The molecule has 0 spiro atoms. The largest absolute Gasteiger partial charge is 0.445 e. The number of hydrogen-bond acceptors (Lipinski definition) is 5. The van der Waals surface area contributed by atoms with Crippen LogP contribution >= 0.6 is 0 Å². The van der Waals surface area contributed by atoms with Gasteiger partial charge in [-0.3, -0.25) is 0 Å². The molecule has 0 aliphatic carbocycles. The molecule has 0 aliphatic heterocycles. The summed E-state index contributed by atoms with van der Waals surface area (Å²) in [4.78, 5) is 6.07. The molecular formula is C14H19N3O3S. The van der Waals surface area contributed by atoms with Gasteiger partial charge in [0.15, 0.2) is 0 Å². The van der Waals surface area contributed by atoms with Gasteiger partial charge in [-0.2, -0.15) is 0 Å². The van der Waals surface area contributed by atoms with E-state index in [1.165, 1.54) is 0 Å². The smallest absolute Gasteiger partial charge is 0.241 e. The van der Waals surface area contributed by atoms with E-state index in [1.54, 1.807) is 31.3 Å². The van der Waals surface area contributed by atoms with Gasteiger partial charge in [0.05, 0.1) is 17.6 Å². The Labute approximate surface area is 124 Å². The minimum Gasteiger partial charge on any atom is -0.445 e. The van der Waals surface area contributed by atoms with E-state index in [-0.39, 0.29) is 11.4 Å². The second-order valence-corrected chi connectivity index (χ2v) is 6.80. The van der Waals surface area contributed by atoms with Gasteiger partial charge in [0.2, 0.25) is 15.9 Å². The Balaban J connectivity index is 2.21. The quantitative estimate of drug-likeness (QED) is 0.912. The van der Waals surface area contributed by atoms with Crippen LogP contribution in [0.3, 0.4) is 0 Å². The molecule has 6 nitrogen and oxygen atoms in total. The van der Waals surface area contributed by atoms with E-state index in [1.807, 2.05) is 25.9 Å². The summed E-state index contributed by atoms with van der Waals surface area (Å²) in [7, 11) is 0.155. The maximum Gasteiger partial charge on any atom is 0.241 e. The van der Waals surface area contributed by atoms with E-state index < -0.39 is 10.0 Å². The number of oxazole rings is 1. The zero-order valence-electron chi connectivity index (χ0n) is 12.5. The second kappa shape index (κ2) is 5.87. The van der Waals surface area contributed by atoms with Crippen molar-refractivity contribution in [2.75, 3.05) is 19.0 Å². The van der Waals surface area contributed by atoms with E-state index >= 15 is 0 Å². The van der Waals surface area contributed by atoms with Crippen LogP contribution in [0.5, 0.6) is 0 Å². The molecular weight excluding hydrogens is 290 g/mol. The first-order valence-electron chi connectivity index (χ1n) is 6.48. The van der Waals surface area contributed by atoms with Crippen molar-refractivity contribution in [1.29, 1.82) is 0 Å². The lowest BCUT2D eigenvalue weighted by Gasteiger charge is -2.17. The van der Waals surface area contributed by atoms with Gasteiger partial charge in [-0.05, 0) is 31.5 Å². The van der Waals surface area contributed by atoms with Crippen LogP contribution in [0.25, 0.3) is 0 Å². The summed E-state index contributed by atoms with van der Waals surface area (Å²) in [6.45, 7) is 3.73. The maximum atomic E-state index is 12.3. The molecule has 1 aromatic heterocycles. The van der Waals surface area contributed by atoms with E-state index in [2.05, 4.69) is 9.71 Å². The molecule has 1 heterocycles. The molecule has 0 bridgehead atoms. The number of hydrogen-bond donors (Lipinski definition) is 1. The summed E-state index contributed by atoms with van der Waals surface area (Å²) in [5.41, 5.74) is 1.88. The third kappa shape index (κ3) is 3.62. The van der Waals surface area contributed by atoms with Crippen LogP contribution in [-0.4, -0.2) is 27.5 Å². The molecule has 0 atom stereocenters. The van der Waals surface area contributed by atoms with Crippen molar-refractivity contribution < 1.29 is 12.8 Å². The Morgan fingerprint density at radius 2 is 2.00 bits per heavy atom. The van der Waals surface area contributed by atoms with Crippen molar-refractivity contribution >= 4 is 15.7 Å². The summed E-state index contributed by atoms with van der Waals surface area (Å²) in [5, 5.41) is 0. The highest BCUT2D eigenvalue weighted by Crippen LogP contribution is 2.22. The Morgan fingerprint density at radius 1 is 1.29 bits per heavy atom. The number of anilines is 1. The van der Waals surface area contributed by atoms with Crippen molar-refractivity contribution in [2.45, 2.75) is 25.3 Å². The van der Waals surface area contributed by atoms with Gasteiger partial charge in [0, 0.05) is 19.8 Å². The monoisotopic (exact) mass is 309 g/mol. The van der Waals surface area contributed by atoms with Gasteiger partial charge in [-0.15, -0.1) is 0 Å². The van der Waals surface area contributed by atoms with Gasteiger partial charge in [-0.25, -0.2) is 18.1 Å². The summed E-state index contributed by atoms with van der Waals surface area (Å²) in [5.74, 6) is 0.991. The zero-order valence-corrected chi connectivity index (χ0v) is 13.4. The lowest BCUT2D eigenvalue weighted by atomic mass is 10.2. The average Bonchev–Trinajstić information content (AvgIpc) is 2.82. The van der Waals surface area contributed by atoms with Crippen LogP contribution in [0.1, 0.15) is 17.2 Å². The maximum absolute atomic E-state index is 12.3.